The summed E-state index contributed by atoms with van der Waals surface area (Å²) in [5.74, 6) is 0. The molecule has 1 aromatic carbocycles. The Hall–Kier alpha value is -1.55. The van der Waals surface area contributed by atoms with E-state index in [4.69, 9.17) is 4.74 Å². The van der Waals surface area contributed by atoms with Crippen LogP contribution in [-0.4, -0.2) is 35.7 Å². The van der Waals surface area contributed by atoms with Crippen molar-refractivity contribution in [3.8, 4) is 0 Å². The van der Waals surface area contributed by atoms with Gasteiger partial charge in [0.15, 0.2) is 0 Å². The van der Waals surface area contributed by atoms with Gasteiger partial charge in [0.25, 0.3) is 0 Å². The predicted molar refractivity (Wildman–Crippen MR) is 79.6 cm³/mol. The van der Waals surface area contributed by atoms with Crippen LogP contribution in [0.25, 0.3) is 0 Å². The van der Waals surface area contributed by atoms with E-state index in [0.29, 0.717) is 6.54 Å². The summed E-state index contributed by atoms with van der Waals surface area (Å²) in [6.45, 7) is 9.19. The van der Waals surface area contributed by atoms with Gasteiger partial charge >= 0.3 is 6.09 Å². The Morgan fingerprint density at radius 3 is 2.55 bits per heavy atom. The molecule has 2 rings (SSSR count). The first kappa shape index (κ1) is 14.9. The van der Waals surface area contributed by atoms with Crippen LogP contribution in [0.1, 0.15) is 39.3 Å². The van der Waals surface area contributed by atoms with Crippen molar-refractivity contribution in [3.05, 3.63) is 35.9 Å². The first-order chi connectivity index (χ1) is 9.37. The molecule has 2 atom stereocenters. The molecule has 0 aromatic heterocycles. The van der Waals surface area contributed by atoms with Gasteiger partial charge in [0.1, 0.15) is 5.60 Å². The van der Waals surface area contributed by atoms with E-state index in [1.165, 1.54) is 0 Å². The third-order valence-electron chi connectivity index (χ3n) is 3.32. The lowest BCUT2D eigenvalue weighted by Crippen LogP contribution is -2.54. The summed E-state index contributed by atoms with van der Waals surface area (Å²) >= 11 is 0. The van der Waals surface area contributed by atoms with E-state index >= 15 is 0 Å². The molecule has 1 amide bonds. The summed E-state index contributed by atoms with van der Waals surface area (Å²) < 4.78 is 5.54. The fourth-order valence-corrected chi connectivity index (χ4v) is 2.41. The highest BCUT2D eigenvalue weighted by Crippen LogP contribution is 2.25. The molecule has 1 N–H and O–H groups in total. The average molecular weight is 276 g/mol. The van der Waals surface area contributed by atoms with Crippen molar-refractivity contribution in [2.45, 2.75) is 45.4 Å². The number of ether oxygens (including phenoxy) is 1. The standard InChI is InChI=1S/C16H24N2O2/c1-12-11-18(15(19)20-16(2,3)4)14(10-17-12)13-8-6-5-7-9-13/h5-9,12,14,17H,10-11H2,1-4H3/t12-,14-/m1/s1. The number of amides is 1. The molecule has 1 saturated heterocycles. The van der Waals surface area contributed by atoms with Crippen molar-refractivity contribution in [2.75, 3.05) is 13.1 Å². The third-order valence-corrected chi connectivity index (χ3v) is 3.32. The molecule has 20 heavy (non-hydrogen) atoms. The highest BCUT2D eigenvalue weighted by molar-refractivity contribution is 5.69. The zero-order chi connectivity index (χ0) is 14.8. The molecule has 0 spiro atoms. The Bertz CT molecular complexity index is 453. The lowest BCUT2D eigenvalue weighted by Gasteiger charge is -2.40. The molecule has 0 bridgehead atoms. The van der Waals surface area contributed by atoms with Gasteiger partial charge in [-0.3, -0.25) is 4.90 Å². The number of carbonyl (C=O) groups excluding carboxylic acids is 1. The zero-order valence-electron chi connectivity index (χ0n) is 12.7. The molecular formula is C16H24N2O2. The van der Waals surface area contributed by atoms with E-state index in [2.05, 4.69) is 24.4 Å². The van der Waals surface area contributed by atoms with Crippen LogP contribution in [0.4, 0.5) is 4.79 Å². The van der Waals surface area contributed by atoms with E-state index in [1.807, 2.05) is 43.9 Å². The second kappa shape index (κ2) is 5.83. The largest absolute Gasteiger partial charge is 0.444 e. The van der Waals surface area contributed by atoms with Crippen LogP contribution >= 0.6 is 0 Å². The van der Waals surface area contributed by atoms with Gasteiger partial charge in [0.05, 0.1) is 6.04 Å². The number of piperazine rings is 1. The van der Waals surface area contributed by atoms with Crippen molar-refractivity contribution in [2.24, 2.45) is 0 Å². The van der Waals surface area contributed by atoms with E-state index in [-0.39, 0.29) is 18.2 Å². The summed E-state index contributed by atoms with van der Waals surface area (Å²) in [7, 11) is 0. The number of rotatable bonds is 1. The highest BCUT2D eigenvalue weighted by Gasteiger charge is 2.33. The first-order valence-electron chi connectivity index (χ1n) is 7.15. The quantitative estimate of drug-likeness (QED) is 0.857. The molecule has 1 aromatic rings. The Kier molecular flexibility index (Phi) is 4.33. The summed E-state index contributed by atoms with van der Waals surface area (Å²) in [6.07, 6.45) is -0.236. The molecule has 4 heteroatoms. The molecule has 1 aliphatic rings. The number of nitrogens with one attached hydrogen (secondary N) is 1. The van der Waals surface area contributed by atoms with Gasteiger partial charge in [-0.25, -0.2) is 4.79 Å². The summed E-state index contributed by atoms with van der Waals surface area (Å²) in [5.41, 5.74) is 0.671. The van der Waals surface area contributed by atoms with E-state index < -0.39 is 5.60 Å². The Morgan fingerprint density at radius 1 is 1.30 bits per heavy atom. The molecule has 4 nitrogen and oxygen atoms in total. The maximum Gasteiger partial charge on any atom is 0.410 e. The van der Waals surface area contributed by atoms with Crippen molar-refractivity contribution in [1.82, 2.24) is 10.2 Å². The van der Waals surface area contributed by atoms with Gasteiger partial charge in [0, 0.05) is 19.1 Å². The van der Waals surface area contributed by atoms with Crippen molar-refractivity contribution >= 4 is 6.09 Å². The molecule has 1 fully saturated rings. The van der Waals surface area contributed by atoms with Gasteiger partial charge in [-0.05, 0) is 33.3 Å². The Morgan fingerprint density at radius 2 is 1.95 bits per heavy atom. The maximum atomic E-state index is 12.4. The van der Waals surface area contributed by atoms with Gasteiger partial charge in [-0.2, -0.15) is 0 Å². The van der Waals surface area contributed by atoms with Crippen LogP contribution in [0.15, 0.2) is 30.3 Å². The van der Waals surface area contributed by atoms with Gasteiger partial charge in [-0.1, -0.05) is 30.3 Å². The summed E-state index contributed by atoms with van der Waals surface area (Å²) in [4.78, 5) is 14.3. The molecular weight excluding hydrogens is 252 g/mol. The molecule has 1 aliphatic heterocycles. The summed E-state index contributed by atoms with van der Waals surface area (Å²) in [6, 6.07) is 10.4. The second-order valence-corrected chi connectivity index (χ2v) is 6.37. The minimum absolute atomic E-state index is 0.0299. The fraction of sp³-hybridized carbons (Fsp3) is 0.562. The zero-order valence-corrected chi connectivity index (χ0v) is 12.7. The van der Waals surface area contributed by atoms with Gasteiger partial charge in [-0.15, -0.1) is 0 Å². The van der Waals surface area contributed by atoms with Crippen molar-refractivity contribution in [3.63, 3.8) is 0 Å². The van der Waals surface area contributed by atoms with Gasteiger partial charge in [0.2, 0.25) is 0 Å². The lowest BCUT2D eigenvalue weighted by atomic mass is 10.0. The van der Waals surface area contributed by atoms with E-state index in [1.54, 1.807) is 0 Å². The van der Waals surface area contributed by atoms with Crippen LogP contribution in [0.2, 0.25) is 0 Å². The minimum Gasteiger partial charge on any atom is -0.444 e. The van der Waals surface area contributed by atoms with Gasteiger partial charge < -0.3 is 10.1 Å². The number of hydrogen-bond acceptors (Lipinski definition) is 3. The smallest absolute Gasteiger partial charge is 0.410 e. The molecule has 0 saturated carbocycles. The van der Waals surface area contributed by atoms with Crippen LogP contribution in [0.5, 0.6) is 0 Å². The first-order valence-corrected chi connectivity index (χ1v) is 7.15. The van der Waals surface area contributed by atoms with Crippen LogP contribution in [-0.2, 0) is 4.74 Å². The topological polar surface area (TPSA) is 41.6 Å². The molecule has 110 valence electrons. The number of nitrogens with zero attached hydrogens (tertiary/aromatic N) is 1. The van der Waals surface area contributed by atoms with Crippen LogP contribution in [0, 0.1) is 0 Å². The minimum atomic E-state index is -0.466. The van der Waals surface area contributed by atoms with Crippen molar-refractivity contribution < 1.29 is 9.53 Å². The Balaban J connectivity index is 2.19. The summed E-state index contributed by atoms with van der Waals surface area (Å²) in [5, 5.41) is 3.43. The molecule has 0 unspecified atom stereocenters. The average Bonchev–Trinajstić information content (AvgIpc) is 2.37. The monoisotopic (exact) mass is 276 g/mol. The van der Waals surface area contributed by atoms with Crippen LogP contribution < -0.4 is 5.32 Å². The second-order valence-electron chi connectivity index (χ2n) is 6.37. The lowest BCUT2D eigenvalue weighted by molar-refractivity contribution is 0.00787. The fourth-order valence-electron chi connectivity index (χ4n) is 2.41. The predicted octanol–water partition coefficient (Wildman–Crippen LogP) is 2.96. The number of hydrogen-bond donors (Lipinski definition) is 1. The maximum absolute atomic E-state index is 12.4. The van der Waals surface area contributed by atoms with Crippen LogP contribution in [0.3, 0.4) is 0 Å². The SMILES string of the molecule is C[C@@H]1CN(C(=O)OC(C)(C)C)[C@@H](c2ccccc2)CN1. The highest BCUT2D eigenvalue weighted by atomic mass is 16.6. The van der Waals surface area contributed by atoms with E-state index in [0.717, 1.165) is 12.1 Å². The number of carbonyl (C=O) groups is 1. The number of benzene rings is 1. The molecule has 1 heterocycles. The van der Waals surface area contributed by atoms with Crippen molar-refractivity contribution in [1.29, 1.82) is 0 Å². The van der Waals surface area contributed by atoms with E-state index in [9.17, 15) is 4.79 Å². The molecule has 0 aliphatic carbocycles. The normalized spacial score (nSPS) is 23.5. The Labute approximate surface area is 121 Å². The molecule has 0 radical (unpaired) electrons. The third kappa shape index (κ3) is 3.73.